The SMILES string of the molecule is Brc1cnn2c(NCc3nc4ccccc4[nH]3)nc(-n3cccc3)nc12. The number of nitrogens with one attached hydrogen (secondary N) is 2. The van der Waals surface area contributed by atoms with Crippen LogP contribution in [-0.2, 0) is 6.54 Å². The lowest BCUT2D eigenvalue weighted by molar-refractivity contribution is 0.836. The van der Waals surface area contributed by atoms with E-state index in [0.29, 0.717) is 24.1 Å². The third-order valence-electron chi connectivity index (χ3n) is 4.00. The Hall–Kier alpha value is -3.20. The molecule has 0 bridgehead atoms. The summed E-state index contributed by atoms with van der Waals surface area (Å²) in [6, 6.07) is 11.8. The van der Waals surface area contributed by atoms with Crippen LogP contribution in [-0.4, -0.2) is 34.1 Å². The monoisotopic (exact) mass is 408 g/mol. The number of benzene rings is 1. The topological polar surface area (TPSA) is 88.7 Å². The maximum Gasteiger partial charge on any atom is 0.239 e. The first-order valence-corrected chi connectivity index (χ1v) is 8.79. The van der Waals surface area contributed by atoms with Crippen molar-refractivity contribution >= 4 is 38.6 Å². The Morgan fingerprint density at radius 1 is 1.04 bits per heavy atom. The number of anilines is 1. The fraction of sp³-hybridized carbons (Fsp3) is 0.0588. The molecular formula is C17H13BrN8. The van der Waals surface area contributed by atoms with E-state index in [2.05, 4.69) is 46.3 Å². The van der Waals surface area contributed by atoms with Crippen LogP contribution < -0.4 is 5.32 Å². The molecule has 9 heteroatoms. The predicted octanol–water partition coefficient (Wildman–Crippen LogP) is 3.17. The van der Waals surface area contributed by atoms with E-state index >= 15 is 0 Å². The minimum absolute atomic E-state index is 0.489. The van der Waals surface area contributed by atoms with Gasteiger partial charge in [0.15, 0.2) is 5.65 Å². The van der Waals surface area contributed by atoms with Crippen molar-refractivity contribution < 1.29 is 0 Å². The van der Waals surface area contributed by atoms with Crippen LogP contribution in [0.25, 0.3) is 22.6 Å². The summed E-state index contributed by atoms with van der Waals surface area (Å²) in [6.07, 6.45) is 5.51. The van der Waals surface area contributed by atoms with Gasteiger partial charge in [0.05, 0.1) is 28.2 Å². The van der Waals surface area contributed by atoms with Gasteiger partial charge < -0.3 is 10.3 Å². The summed E-state index contributed by atoms with van der Waals surface area (Å²) in [5.41, 5.74) is 2.63. The Morgan fingerprint density at radius 2 is 1.88 bits per heavy atom. The molecule has 0 saturated carbocycles. The van der Waals surface area contributed by atoms with Crippen molar-refractivity contribution in [2.24, 2.45) is 0 Å². The van der Waals surface area contributed by atoms with Gasteiger partial charge in [-0.25, -0.2) is 4.98 Å². The molecule has 0 aliphatic heterocycles. The van der Waals surface area contributed by atoms with Crippen molar-refractivity contribution in [2.45, 2.75) is 6.54 Å². The molecular weight excluding hydrogens is 396 g/mol. The highest BCUT2D eigenvalue weighted by atomic mass is 79.9. The van der Waals surface area contributed by atoms with Crippen molar-refractivity contribution in [3.63, 3.8) is 0 Å². The number of aromatic nitrogens is 7. The van der Waals surface area contributed by atoms with Crippen LogP contribution in [0.5, 0.6) is 0 Å². The molecule has 26 heavy (non-hydrogen) atoms. The lowest BCUT2D eigenvalue weighted by atomic mass is 10.3. The molecule has 128 valence electrons. The van der Waals surface area contributed by atoms with Gasteiger partial charge in [0.1, 0.15) is 5.82 Å². The van der Waals surface area contributed by atoms with E-state index in [9.17, 15) is 0 Å². The van der Waals surface area contributed by atoms with E-state index in [1.165, 1.54) is 0 Å². The highest BCUT2D eigenvalue weighted by Crippen LogP contribution is 2.20. The Bertz CT molecular complexity index is 1170. The summed E-state index contributed by atoms with van der Waals surface area (Å²) in [6.45, 7) is 0.489. The van der Waals surface area contributed by atoms with Gasteiger partial charge in [0, 0.05) is 12.4 Å². The number of nitrogens with zero attached hydrogens (tertiary/aromatic N) is 6. The van der Waals surface area contributed by atoms with Crippen molar-refractivity contribution in [2.75, 3.05) is 5.32 Å². The highest BCUT2D eigenvalue weighted by Gasteiger charge is 2.13. The molecule has 0 radical (unpaired) electrons. The number of imidazole rings is 1. The van der Waals surface area contributed by atoms with Gasteiger partial charge in [-0.2, -0.15) is 19.6 Å². The molecule has 4 aromatic heterocycles. The Morgan fingerprint density at radius 3 is 2.73 bits per heavy atom. The first kappa shape index (κ1) is 15.1. The molecule has 0 aliphatic carbocycles. The second-order valence-electron chi connectivity index (χ2n) is 5.72. The van der Waals surface area contributed by atoms with E-state index < -0.39 is 0 Å². The molecule has 5 rings (SSSR count). The van der Waals surface area contributed by atoms with Crippen LogP contribution in [0.2, 0.25) is 0 Å². The van der Waals surface area contributed by atoms with Crippen LogP contribution in [0.3, 0.4) is 0 Å². The Balaban J connectivity index is 1.53. The largest absolute Gasteiger partial charge is 0.347 e. The molecule has 2 N–H and O–H groups in total. The second-order valence-corrected chi connectivity index (χ2v) is 6.57. The summed E-state index contributed by atoms with van der Waals surface area (Å²) < 4.78 is 4.33. The number of fused-ring (bicyclic) bond motifs is 2. The van der Waals surface area contributed by atoms with Crippen molar-refractivity contribution in [1.82, 2.24) is 34.1 Å². The maximum atomic E-state index is 4.60. The fourth-order valence-electron chi connectivity index (χ4n) is 2.79. The average molecular weight is 409 g/mol. The molecule has 0 fully saturated rings. The first-order valence-electron chi connectivity index (χ1n) is 8.00. The zero-order valence-corrected chi connectivity index (χ0v) is 15.1. The van der Waals surface area contributed by atoms with E-state index in [1.54, 1.807) is 10.7 Å². The third-order valence-corrected chi connectivity index (χ3v) is 4.56. The molecule has 0 saturated heterocycles. The zero-order valence-electron chi connectivity index (χ0n) is 13.5. The van der Waals surface area contributed by atoms with E-state index in [1.807, 2.05) is 53.4 Å². The standard InChI is InChI=1S/C17H13BrN8/c18-11-9-20-26-15(11)23-17(25-7-3-4-8-25)24-16(26)19-10-14-21-12-5-1-2-6-13(12)22-14/h1-9H,10H2,(H,21,22)(H,19,23,24). The van der Waals surface area contributed by atoms with Gasteiger partial charge in [-0.15, -0.1) is 0 Å². The van der Waals surface area contributed by atoms with Crippen molar-refractivity contribution in [3.05, 3.63) is 65.3 Å². The van der Waals surface area contributed by atoms with Gasteiger partial charge in [0.2, 0.25) is 11.9 Å². The summed E-state index contributed by atoms with van der Waals surface area (Å²) in [4.78, 5) is 17.1. The van der Waals surface area contributed by atoms with Crippen molar-refractivity contribution in [1.29, 1.82) is 0 Å². The molecule has 0 spiro atoms. The first-order chi connectivity index (χ1) is 12.8. The number of hydrogen-bond donors (Lipinski definition) is 2. The summed E-state index contributed by atoms with van der Waals surface area (Å²) in [5, 5.41) is 7.64. The molecule has 4 heterocycles. The fourth-order valence-corrected chi connectivity index (χ4v) is 3.14. The zero-order chi connectivity index (χ0) is 17.5. The minimum atomic E-state index is 0.489. The van der Waals surface area contributed by atoms with Crippen molar-refractivity contribution in [3.8, 4) is 5.95 Å². The smallest absolute Gasteiger partial charge is 0.239 e. The van der Waals surface area contributed by atoms with E-state index in [-0.39, 0.29) is 0 Å². The van der Waals surface area contributed by atoms with Crippen LogP contribution in [0.4, 0.5) is 5.95 Å². The summed E-state index contributed by atoms with van der Waals surface area (Å²) in [5.74, 6) is 1.98. The predicted molar refractivity (Wildman–Crippen MR) is 101 cm³/mol. The number of halogens is 1. The third kappa shape index (κ3) is 2.53. The van der Waals surface area contributed by atoms with Crippen LogP contribution in [0.15, 0.2) is 59.5 Å². The van der Waals surface area contributed by atoms with Crippen LogP contribution in [0.1, 0.15) is 5.82 Å². The van der Waals surface area contributed by atoms with Crippen LogP contribution in [0, 0.1) is 0 Å². The van der Waals surface area contributed by atoms with Gasteiger partial charge in [0.25, 0.3) is 0 Å². The number of hydrogen-bond acceptors (Lipinski definition) is 5. The van der Waals surface area contributed by atoms with E-state index in [4.69, 9.17) is 0 Å². The number of para-hydroxylation sites is 2. The van der Waals surface area contributed by atoms with Gasteiger partial charge in [-0.05, 0) is 40.2 Å². The lowest BCUT2D eigenvalue weighted by Gasteiger charge is -2.09. The summed E-state index contributed by atoms with van der Waals surface area (Å²) >= 11 is 3.49. The molecule has 0 amide bonds. The van der Waals surface area contributed by atoms with Gasteiger partial charge in [-0.1, -0.05) is 12.1 Å². The molecule has 0 unspecified atom stereocenters. The lowest BCUT2D eigenvalue weighted by Crippen LogP contribution is -2.12. The summed E-state index contributed by atoms with van der Waals surface area (Å²) in [7, 11) is 0. The van der Waals surface area contributed by atoms with Gasteiger partial charge >= 0.3 is 0 Å². The van der Waals surface area contributed by atoms with E-state index in [0.717, 1.165) is 21.3 Å². The molecule has 1 aromatic carbocycles. The number of rotatable bonds is 4. The number of H-pyrrole nitrogens is 1. The Labute approximate surface area is 156 Å². The van der Waals surface area contributed by atoms with Gasteiger partial charge in [-0.3, -0.25) is 4.57 Å². The quantitative estimate of drug-likeness (QED) is 0.476. The molecule has 0 aliphatic rings. The Kier molecular flexibility index (Phi) is 3.45. The van der Waals surface area contributed by atoms with Crippen LogP contribution >= 0.6 is 15.9 Å². The number of aromatic amines is 1. The normalized spacial score (nSPS) is 11.4. The maximum absolute atomic E-state index is 4.60. The highest BCUT2D eigenvalue weighted by molar-refractivity contribution is 9.10. The minimum Gasteiger partial charge on any atom is -0.347 e. The average Bonchev–Trinajstić information content (AvgIpc) is 3.39. The second kappa shape index (κ2) is 5.95. The molecule has 8 nitrogen and oxygen atoms in total. The molecule has 5 aromatic rings. The molecule has 0 atom stereocenters.